The lowest BCUT2D eigenvalue weighted by Gasteiger charge is -2.18. The second-order valence-electron chi connectivity index (χ2n) is 4.93. The van der Waals surface area contributed by atoms with Gasteiger partial charge in [0.15, 0.2) is 0 Å². The van der Waals surface area contributed by atoms with Gasteiger partial charge >= 0.3 is 6.18 Å². The molecule has 1 aromatic carbocycles. The zero-order valence-corrected chi connectivity index (χ0v) is 9.15. The van der Waals surface area contributed by atoms with Gasteiger partial charge in [-0.05, 0) is 29.5 Å². The van der Waals surface area contributed by atoms with Gasteiger partial charge in [0.25, 0.3) is 0 Å². The Bertz CT molecular complexity index is 315. The van der Waals surface area contributed by atoms with Gasteiger partial charge in [-0.3, -0.25) is 0 Å². The first-order valence-electron chi connectivity index (χ1n) is 4.85. The third-order valence-corrected chi connectivity index (χ3v) is 2.02. The molecule has 0 heterocycles. The van der Waals surface area contributed by atoms with Crippen LogP contribution in [0.3, 0.4) is 0 Å². The highest BCUT2D eigenvalue weighted by atomic mass is 19.4. The van der Waals surface area contributed by atoms with Crippen LogP contribution in [0.5, 0.6) is 0 Å². The van der Waals surface area contributed by atoms with Crippen LogP contribution in [0.15, 0.2) is 24.3 Å². The summed E-state index contributed by atoms with van der Waals surface area (Å²) in [5.74, 6) is 0. The van der Waals surface area contributed by atoms with E-state index in [4.69, 9.17) is 0 Å². The third kappa shape index (κ3) is 4.69. The second kappa shape index (κ2) is 4.89. The van der Waals surface area contributed by atoms with Crippen molar-refractivity contribution in [2.45, 2.75) is 40.8 Å². The first-order chi connectivity index (χ1) is 6.68. The SMILES string of the molecule is C.CC(C)(C)Cc1ccc(C(F)(F)F)cc1. The lowest BCUT2D eigenvalue weighted by atomic mass is 9.88. The Balaban J connectivity index is 0.00000225. The topological polar surface area (TPSA) is 0 Å². The summed E-state index contributed by atoms with van der Waals surface area (Å²) >= 11 is 0. The molecule has 1 rings (SSSR count). The minimum atomic E-state index is -4.24. The fraction of sp³-hybridized carbons (Fsp3) is 0.538. The Morgan fingerprint density at radius 3 is 1.69 bits per heavy atom. The first-order valence-corrected chi connectivity index (χ1v) is 4.85. The highest BCUT2D eigenvalue weighted by Gasteiger charge is 2.30. The Labute approximate surface area is 95.5 Å². The van der Waals surface area contributed by atoms with Crippen LogP contribution in [-0.4, -0.2) is 0 Å². The molecule has 0 aliphatic heterocycles. The average molecular weight is 232 g/mol. The van der Waals surface area contributed by atoms with E-state index in [0.717, 1.165) is 24.1 Å². The maximum Gasteiger partial charge on any atom is 0.416 e. The Kier molecular flexibility index (Phi) is 4.59. The summed E-state index contributed by atoms with van der Waals surface area (Å²) < 4.78 is 36.8. The van der Waals surface area contributed by atoms with Crippen LogP contribution in [0, 0.1) is 5.41 Å². The molecular formula is C13H19F3. The van der Waals surface area contributed by atoms with Crippen molar-refractivity contribution in [1.82, 2.24) is 0 Å². The molecule has 1 aromatic rings. The molecule has 0 amide bonds. The minimum Gasteiger partial charge on any atom is -0.166 e. The van der Waals surface area contributed by atoms with Crippen LogP contribution in [0.2, 0.25) is 0 Å². The van der Waals surface area contributed by atoms with Gasteiger partial charge in [-0.2, -0.15) is 13.2 Å². The van der Waals surface area contributed by atoms with Crippen LogP contribution in [0.4, 0.5) is 13.2 Å². The van der Waals surface area contributed by atoms with E-state index in [-0.39, 0.29) is 12.8 Å². The number of benzene rings is 1. The van der Waals surface area contributed by atoms with Gasteiger partial charge in [0.1, 0.15) is 0 Å². The third-order valence-electron chi connectivity index (χ3n) is 2.02. The summed E-state index contributed by atoms with van der Waals surface area (Å²) in [6, 6.07) is 5.38. The summed E-state index contributed by atoms with van der Waals surface area (Å²) in [4.78, 5) is 0. The lowest BCUT2D eigenvalue weighted by molar-refractivity contribution is -0.137. The molecule has 0 saturated carbocycles. The minimum absolute atomic E-state index is 0. The largest absolute Gasteiger partial charge is 0.416 e. The summed E-state index contributed by atoms with van der Waals surface area (Å²) in [5, 5.41) is 0. The van der Waals surface area contributed by atoms with Gasteiger partial charge in [-0.1, -0.05) is 40.3 Å². The van der Waals surface area contributed by atoms with Crippen molar-refractivity contribution >= 4 is 0 Å². The van der Waals surface area contributed by atoms with E-state index >= 15 is 0 Å². The monoisotopic (exact) mass is 232 g/mol. The normalized spacial score (nSPS) is 12.1. The van der Waals surface area contributed by atoms with Crippen LogP contribution in [-0.2, 0) is 12.6 Å². The predicted octanol–water partition coefficient (Wildman–Crippen LogP) is 4.93. The number of alkyl halides is 3. The molecule has 3 heteroatoms. The van der Waals surface area contributed by atoms with E-state index in [9.17, 15) is 13.2 Å². The number of hydrogen-bond acceptors (Lipinski definition) is 0. The Hall–Kier alpha value is -0.990. The highest BCUT2D eigenvalue weighted by Crippen LogP contribution is 2.30. The summed E-state index contributed by atoms with van der Waals surface area (Å²) in [6.45, 7) is 6.18. The van der Waals surface area contributed by atoms with Gasteiger partial charge in [0, 0.05) is 0 Å². The molecule has 0 radical (unpaired) electrons. The first kappa shape index (κ1) is 15.0. The molecule has 0 bridgehead atoms. The molecule has 0 unspecified atom stereocenters. The maximum atomic E-state index is 12.3. The molecule has 0 nitrogen and oxygen atoms in total. The molecule has 16 heavy (non-hydrogen) atoms. The van der Waals surface area contributed by atoms with Crippen LogP contribution in [0.25, 0.3) is 0 Å². The average Bonchev–Trinajstić information content (AvgIpc) is 2.00. The maximum absolute atomic E-state index is 12.3. The smallest absolute Gasteiger partial charge is 0.166 e. The van der Waals surface area contributed by atoms with Crippen molar-refractivity contribution in [2.24, 2.45) is 5.41 Å². The predicted molar refractivity (Wildman–Crippen MR) is 61.3 cm³/mol. The van der Waals surface area contributed by atoms with E-state index in [1.54, 1.807) is 12.1 Å². The zero-order chi connectivity index (χ0) is 11.7. The van der Waals surface area contributed by atoms with Crippen LogP contribution < -0.4 is 0 Å². The number of hydrogen-bond donors (Lipinski definition) is 0. The van der Waals surface area contributed by atoms with Gasteiger partial charge in [0.05, 0.1) is 5.56 Å². The van der Waals surface area contributed by atoms with Crippen molar-refractivity contribution in [1.29, 1.82) is 0 Å². The van der Waals surface area contributed by atoms with Crippen LogP contribution >= 0.6 is 0 Å². The van der Waals surface area contributed by atoms with Crippen molar-refractivity contribution in [3.63, 3.8) is 0 Å². The molecule has 0 N–H and O–H groups in total. The Morgan fingerprint density at radius 1 is 0.938 bits per heavy atom. The van der Waals surface area contributed by atoms with E-state index < -0.39 is 11.7 Å². The van der Waals surface area contributed by atoms with Gasteiger partial charge in [-0.25, -0.2) is 0 Å². The van der Waals surface area contributed by atoms with E-state index in [0.29, 0.717) is 0 Å². The number of rotatable bonds is 1. The van der Waals surface area contributed by atoms with E-state index in [2.05, 4.69) is 20.8 Å². The van der Waals surface area contributed by atoms with E-state index in [1.807, 2.05) is 0 Å². The van der Waals surface area contributed by atoms with Gasteiger partial charge in [-0.15, -0.1) is 0 Å². The van der Waals surface area contributed by atoms with Crippen LogP contribution in [0.1, 0.15) is 39.3 Å². The molecule has 0 aliphatic rings. The lowest BCUT2D eigenvalue weighted by Crippen LogP contribution is -2.10. The molecule has 0 fully saturated rings. The molecule has 0 saturated heterocycles. The molecule has 0 aromatic heterocycles. The quantitative estimate of drug-likeness (QED) is 0.644. The van der Waals surface area contributed by atoms with Gasteiger partial charge in [0.2, 0.25) is 0 Å². The Morgan fingerprint density at radius 2 is 1.38 bits per heavy atom. The fourth-order valence-electron chi connectivity index (χ4n) is 1.42. The molecule has 92 valence electrons. The number of halogens is 3. The second-order valence-corrected chi connectivity index (χ2v) is 4.93. The zero-order valence-electron chi connectivity index (χ0n) is 9.15. The molecule has 0 atom stereocenters. The van der Waals surface area contributed by atoms with Gasteiger partial charge < -0.3 is 0 Å². The molecule has 0 aliphatic carbocycles. The summed E-state index contributed by atoms with van der Waals surface area (Å²) in [7, 11) is 0. The molecule has 0 spiro atoms. The van der Waals surface area contributed by atoms with Crippen molar-refractivity contribution in [2.75, 3.05) is 0 Å². The van der Waals surface area contributed by atoms with E-state index in [1.165, 1.54) is 0 Å². The van der Waals surface area contributed by atoms with Crippen molar-refractivity contribution in [3.8, 4) is 0 Å². The van der Waals surface area contributed by atoms with Crippen molar-refractivity contribution < 1.29 is 13.2 Å². The fourth-order valence-corrected chi connectivity index (χ4v) is 1.42. The summed E-state index contributed by atoms with van der Waals surface area (Å²) in [5.41, 5.74) is 0.454. The molecular weight excluding hydrogens is 213 g/mol. The standard InChI is InChI=1S/C12H15F3.CH4/c1-11(2,3)8-9-4-6-10(7-5-9)12(13,14)15;/h4-7H,8H2,1-3H3;1H4. The van der Waals surface area contributed by atoms with Crippen molar-refractivity contribution in [3.05, 3.63) is 35.4 Å². The highest BCUT2D eigenvalue weighted by molar-refractivity contribution is 5.25. The summed E-state index contributed by atoms with van der Waals surface area (Å²) in [6.07, 6.45) is -3.45.